The summed E-state index contributed by atoms with van der Waals surface area (Å²) in [5.41, 5.74) is 0.844. The number of rotatable bonds is 1. The highest BCUT2D eigenvalue weighted by atomic mass is 15.1. The molecule has 0 amide bonds. The Kier molecular flexibility index (Phi) is 0.963. The second-order valence-corrected chi connectivity index (χ2v) is 3.82. The van der Waals surface area contributed by atoms with E-state index in [9.17, 15) is 0 Å². The van der Waals surface area contributed by atoms with E-state index in [0.29, 0.717) is 0 Å². The minimum absolute atomic E-state index is 0.812. The van der Waals surface area contributed by atoms with Crippen LogP contribution in [0.2, 0.25) is 0 Å². The van der Waals surface area contributed by atoms with E-state index >= 15 is 0 Å². The van der Waals surface area contributed by atoms with Crippen molar-refractivity contribution in [3.05, 3.63) is 7.05 Å². The minimum atomic E-state index is 0.812. The van der Waals surface area contributed by atoms with Crippen molar-refractivity contribution in [3.8, 4) is 0 Å². The first kappa shape index (κ1) is 5.72. The third-order valence-corrected chi connectivity index (χ3v) is 2.92. The molecule has 2 fully saturated rings. The zero-order chi connectivity index (χ0) is 6.48. The molecule has 2 saturated carbocycles. The van der Waals surface area contributed by atoms with Gasteiger partial charge in [0.05, 0.1) is 0 Å². The van der Waals surface area contributed by atoms with Gasteiger partial charge in [0.2, 0.25) is 0 Å². The Morgan fingerprint density at radius 2 is 2.00 bits per heavy atom. The normalized spacial score (nSPS) is 31.0. The molecule has 1 heteroatoms. The van der Waals surface area contributed by atoms with Gasteiger partial charge in [-0.3, -0.25) is 7.05 Å². The minimum Gasteiger partial charge on any atom is -0.459 e. The predicted molar refractivity (Wildman–Crippen MR) is 37.8 cm³/mol. The summed E-state index contributed by atoms with van der Waals surface area (Å²) >= 11 is 0. The van der Waals surface area contributed by atoms with Gasteiger partial charge in [0, 0.05) is 0 Å². The quantitative estimate of drug-likeness (QED) is 0.480. The molecule has 0 atom stereocenters. The SMILES string of the molecule is [CH2-]N(C)C1CC2(CC2)C1. The summed E-state index contributed by atoms with van der Waals surface area (Å²) in [6.45, 7) is 0. The maximum absolute atomic E-state index is 3.89. The van der Waals surface area contributed by atoms with E-state index in [0.717, 1.165) is 11.5 Å². The Hall–Kier alpha value is -0.0400. The fourth-order valence-electron chi connectivity index (χ4n) is 1.84. The molecule has 2 aliphatic rings. The average Bonchev–Trinajstić information content (AvgIpc) is 2.35. The zero-order valence-corrected chi connectivity index (χ0v) is 6.06. The van der Waals surface area contributed by atoms with Crippen LogP contribution in [0.25, 0.3) is 0 Å². The fraction of sp³-hybridized carbons (Fsp3) is 0.875. The van der Waals surface area contributed by atoms with E-state index in [1.54, 1.807) is 0 Å². The third kappa shape index (κ3) is 0.787. The molecule has 0 aromatic heterocycles. The molecule has 0 saturated heterocycles. The first-order chi connectivity index (χ1) is 4.22. The van der Waals surface area contributed by atoms with Crippen molar-refractivity contribution in [1.29, 1.82) is 0 Å². The highest BCUT2D eigenvalue weighted by Crippen LogP contribution is 2.61. The van der Waals surface area contributed by atoms with E-state index < -0.39 is 0 Å². The Bertz CT molecular complexity index is 117. The van der Waals surface area contributed by atoms with E-state index in [2.05, 4.69) is 19.0 Å². The van der Waals surface area contributed by atoms with Gasteiger partial charge in [-0.2, -0.15) is 0 Å². The molecule has 0 heterocycles. The molecule has 0 bridgehead atoms. The van der Waals surface area contributed by atoms with E-state index in [-0.39, 0.29) is 0 Å². The molecule has 1 spiro atoms. The lowest BCUT2D eigenvalue weighted by Crippen LogP contribution is -2.40. The second-order valence-electron chi connectivity index (χ2n) is 3.82. The van der Waals surface area contributed by atoms with Crippen LogP contribution in [0.1, 0.15) is 25.7 Å². The van der Waals surface area contributed by atoms with Gasteiger partial charge in [-0.05, 0) is 44.2 Å². The lowest BCUT2D eigenvalue weighted by atomic mass is 9.76. The van der Waals surface area contributed by atoms with Crippen molar-refractivity contribution in [2.75, 3.05) is 7.05 Å². The summed E-state index contributed by atoms with van der Waals surface area (Å²) < 4.78 is 0. The van der Waals surface area contributed by atoms with Gasteiger partial charge in [-0.25, -0.2) is 0 Å². The summed E-state index contributed by atoms with van der Waals surface area (Å²) in [6.07, 6.45) is 5.84. The standard InChI is InChI=1S/C8H14N/c1-9(2)7-5-8(6-7)3-4-8/h7H,1,3-6H2,2H3/q-1. The van der Waals surface area contributed by atoms with E-state index in [4.69, 9.17) is 0 Å². The van der Waals surface area contributed by atoms with Crippen LogP contribution in [0.5, 0.6) is 0 Å². The topological polar surface area (TPSA) is 3.24 Å². The molecule has 9 heavy (non-hydrogen) atoms. The fourth-order valence-corrected chi connectivity index (χ4v) is 1.84. The summed E-state index contributed by atoms with van der Waals surface area (Å²) in [4.78, 5) is 2.11. The van der Waals surface area contributed by atoms with Crippen LogP contribution < -0.4 is 0 Å². The molecular formula is C8H14N-. The summed E-state index contributed by atoms with van der Waals surface area (Å²) in [6, 6.07) is 0.812. The number of hydrogen-bond donors (Lipinski definition) is 0. The van der Waals surface area contributed by atoms with E-state index in [1.807, 2.05) is 0 Å². The maximum atomic E-state index is 3.89. The van der Waals surface area contributed by atoms with Crippen LogP contribution in [-0.4, -0.2) is 18.0 Å². The van der Waals surface area contributed by atoms with Crippen LogP contribution in [0.3, 0.4) is 0 Å². The molecule has 2 rings (SSSR count). The number of hydrogen-bond acceptors (Lipinski definition) is 1. The van der Waals surface area contributed by atoms with Crippen molar-refractivity contribution < 1.29 is 0 Å². The largest absolute Gasteiger partial charge is 0.459 e. The van der Waals surface area contributed by atoms with Gasteiger partial charge in [0.25, 0.3) is 0 Å². The monoisotopic (exact) mass is 124 g/mol. The molecule has 0 aliphatic heterocycles. The summed E-state index contributed by atoms with van der Waals surface area (Å²) in [7, 11) is 5.97. The van der Waals surface area contributed by atoms with Crippen molar-refractivity contribution in [1.82, 2.24) is 4.90 Å². The molecule has 0 unspecified atom stereocenters. The average molecular weight is 124 g/mol. The van der Waals surface area contributed by atoms with Crippen molar-refractivity contribution in [2.24, 2.45) is 5.41 Å². The highest BCUT2D eigenvalue weighted by molar-refractivity contribution is 5.06. The number of nitrogens with zero attached hydrogens (tertiary/aromatic N) is 1. The van der Waals surface area contributed by atoms with Gasteiger partial charge in [0.1, 0.15) is 0 Å². The molecule has 1 nitrogen and oxygen atoms in total. The lowest BCUT2D eigenvalue weighted by Gasteiger charge is -2.44. The smallest absolute Gasteiger partial charge is 0.0176 e. The Balaban J connectivity index is 1.83. The first-order valence-corrected chi connectivity index (χ1v) is 3.75. The first-order valence-electron chi connectivity index (χ1n) is 3.75. The van der Waals surface area contributed by atoms with Crippen LogP contribution in [0.4, 0.5) is 0 Å². The summed E-state index contributed by atoms with van der Waals surface area (Å²) in [5.74, 6) is 0. The molecule has 0 N–H and O–H groups in total. The van der Waals surface area contributed by atoms with Crippen molar-refractivity contribution in [3.63, 3.8) is 0 Å². The van der Waals surface area contributed by atoms with Crippen LogP contribution in [-0.2, 0) is 0 Å². The predicted octanol–water partition coefficient (Wildman–Crippen LogP) is 1.65. The van der Waals surface area contributed by atoms with Gasteiger partial charge < -0.3 is 4.90 Å². The highest BCUT2D eigenvalue weighted by Gasteiger charge is 2.52. The Labute approximate surface area is 57.0 Å². The van der Waals surface area contributed by atoms with Gasteiger partial charge in [-0.1, -0.05) is 0 Å². The Morgan fingerprint density at radius 3 is 2.33 bits per heavy atom. The van der Waals surface area contributed by atoms with Crippen molar-refractivity contribution in [2.45, 2.75) is 31.7 Å². The van der Waals surface area contributed by atoms with Gasteiger partial charge in [0.15, 0.2) is 0 Å². The molecule has 2 aliphatic carbocycles. The maximum Gasteiger partial charge on any atom is -0.0176 e. The lowest BCUT2D eigenvalue weighted by molar-refractivity contribution is 0.120. The van der Waals surface area contributed by atoms with Crippen LogP contribution in [0.15, 0.2) is 0 Å². The zero-order valence-electron chi connectivity index (χ0n) is 6.06. The molecule has 0 aromatic rings. The Morgan fingerprint density at radius 1 is 1.44 bits per heavy atom. The van der Waals surface area contributed by atoms with Gasteiger partial charge >= 0.3 is 0 Å². The molecular weight excluding hydrogens is 110 g/mol. The third-order valence-electron chi connectivity index (χ3n) is 2.92. The summed E-state index contributed by atoms with van der Waals surface area (Å²) in [5, 5.41) is 0. The van der Waals surface area contributed by atoms with Crippen molar-refractivity contribution >= 4 is 0 Å². The second kappa shape index (κ2) is 1.51. The molecule has 0 aromatic carbocycles. The van der Waals surface area contributed by atoms with Gasteiger partial charge in [-0.15, -0.1) is 0 Å². The van der Waals surface area contributed by atoms with Crippen LogP contribution in [0, 0.1) is 12.5 Å². The van der Waals surface area contributed by atoms with E-state index in [1.165, 1.54) is 25.7 Å². The molecule has 0 radical (unpaired) electrons. The molecule has 52 valence electrons. The van der Waals surface area contributed by atoms with Crippen LogP contribution >= 0.6 is 0 Å².